The van der Waals surface area contributed by atoms with E-state index in [4.69, 9.17) is 5.73 Å². The van der Waals surface area contributed by atoms with E-state index in [0.29, 0.717) is 5.69 Å². The number of thiophene rings is 1. The highest BCUT2D eigenvalue weighted by molar-refractivity contribution is 7.16. The molecule has 3 aromatic rings. The van der Waals surface area contributed by atoms with Gasteiger partial charge in [0.25, 0.3) is 5.91 Å². The maximum absolute atomic E-state index is 11.2. The summed E-state index contributed by atoms with van der Waals surface area (Å²) >= 11 is 1.59. The van der Waals surface area contributed by atoms with E-state index in [9.17, 15) is 4.79 Å². The Morgan fingerprint density at radius 3 is 3.13 bits per heavy atom. The predicted octanol–water partition coefficient (Wildman–Crippen LogP) is 1.65. The number of rotatable bonds is 1. The molecule has 3 heterocycles. The average Bonchev–Trinajstić information content (AvgIpc) is 2.83. The second kappa shape index (κ2) is 2.80. The number of carbonyl (C=O) groups is 1. The molecular weight excluding hydrogens is 210 g/mol. The molecular formula is C10H7N3OS. The maximum atomic E-state index is 11.2. The molecule has 1 amide bonds. The Kier molecular flexibility index (Phi) is 1.58. The lowest BCUT2D eigenvalue weighted by molar-refractivity contribution is 0.0997. The topological polar surface area (TPSA) is 60.4 Å². The highest BCUT2D eigenvalue weighted by Gasteiger charge is 2.12. The standard InChI is InChI=1S/C10H7N3OS/c11-9(14)8-7-2-1-4-13(7)10-6(12-8)3-5-15-10/h1-5H,(H2,11,14). The first-order chi connectivity index (χ1) is 7.27. The van der Waals surface area contributed by atoms with E-state index >= 15 is 0 Å². The molecule has 3 aromatic heterocycles. The first kappa shape index (κ1) is 8.43. The second-order valence-corrected chi connectivity index (χ2v) is 4.09. The van der Waals surface area contributed by atoms with E-state index in [1.807, 2.05) is 34.2 Å². The summed E-state index contributed by atoms with van der Waals surface area (Å²) in [4.78, 5) is 16.5. The molecule has 0 unspecified atom stereocenters. The van der Waals surface area contributed by atoms with Crippen molar-refractivity contribution in [2.24, 2.45) is 5.73 Å². The molecule has 4 nitrogen and oxygen atoms in total. The Labute approximate surface area is 89.0 Å². The van der Waals surface area contributed by atoms with E-state index in [1.54, 1.807) is 11.3 Å². The van der Waals surface area contributed by atoms with Crippen molar-refractivity contribution in [1.29, 1.82) is 0 Å². The number of amides is 1. The van der Waals surface area contributed by atoms with Crippen LogP contribution in [0.4, 0.5) is 0 Å². The third-order valence-corrected chi connectivity index (χ3v) is 3.20. The number of primary amides is 1. The summed E-state index contributed by atoms with van der Waals surface area (Å²) in [6.45, 7) is 0. The van der Waals surface area contributed by atoms with Crippen molar-refractivity contribution in [2.75, 3.05) is 0 Å². The van der Waals surface area contributed by atoms with Crippen LogP contribution in [0.5, 0.6) is 0 Å². The number of aromatic nitrogens is 2. The van der Waals surface area contributed by atoms with Gasteiger partial charge in [0.05, 0.1) is 11.0 Å². The number of hydrogen-bond acceptors (Lipinski definition) is 3. The smallest absolute Gasteiger partial charge is 0.269 e. The number of carbonyl (C=O) groups excluding carboxylic acids is 1. The zero-order valence-electron chi connectivity index (χ0n) is 7.68. The van der Waals surface area contributed by atoms with E-state index in [0.717, 1.165) is 15.9 Å². The van der Waals surface area contributed by atoms with Gasteiger partial charge in [0.15, 0.2) is 5.69 Å². The van der Waals surface area contributed by atoms with Gasteiger partial charge >= 0.3 is 0 Å². The molecule has 0 aliphatic heterocycles. The minimum atomic E-state index is -0.494. The first-order valence-electron chi connectivity index (χ1n) is 4.41. The predicted molar refractivity (Wildman–Crippen MR) is 59.1 cm³/mol. The van der Waals surface area contributed by atoms with Gasteiger partial charge in [-0.25, -0.2) is 4.98 Å². The lowest BCUT2D eigenvalue weighted by atomic mass is 10.3. The number of hydrogen-bond donors (Lipinski definition) is 1. The summed E-state index contributed by atoms with van der Waals surface area (Å²) in [5.74, 6) is -0.494. The average molecular weight is 217 g/mol. The summed E-state index contributed by atoms with van der Waals surface area (Å²) in [6, 6.07) is 5.60. The van der Waals surface area contributed by atoms with Crippen molar-refractivity contribution >= 4 is 33.1 Å². The first-order valence-corrected chi connectivity index (χ1v) is 5.29. The Balaban J connectivity index is 2.59. The molecule has 74 valence electrons. The van der Waals surface area contributed by atoms with Crippen molar-refractivity contribution in [3.05, 3.63) is 35.5 Å². The van der Waals surface area contributed by atoms with Gasteiger partial charge in [0.2, 0.25) is 0 Å². The van der Waals surface area contributed by atoms with Gasteiger partial charge in [0.1, 0.15) is 4.83 Å². The molecule has 0 bridgehead atoms. The van der Waals surface area contributed by atoms with Crippen LogP contribution >= 0.6 is 11.3 Å². The molecule has 0 saturated heterocycles. The Morgan fingerprint density at radius 2 is 2.33 bits per heavy atom. The lowest BCUT2D eigenvalue weighted by Gasteiger charge is -2.01. The molecule has 0 spiro atoms. The maximum Gasteiger partial charge on any atom is 0.269 e. The lowest BCUT2D eigenvalue weighted by Crippen LogP contribution is -2.14. The third-order valence-electron chi connectivity index (χ3n) is 2.30. The van der Waals surface area contributed by atoms with Crippen molar-refractivity contribution in [3.63, 3.8) is 0 Å². The van der Waals surface area contributed by atoms with Crippen molar-refractivity contribution in [2.45, 2.75) is 0 Å². The summed E-state index contributed by atoms with van der Waals surface area (Å²) < 4.78 is 1.94. The third kappa shape index (κ3) is 1.07. The molecule has 0 saturated carbocycles. The fraction of sp³-hybridized carbons (Fsp3) is 0. The number of nitrogens with zero attached hydrogens (tertiary/aromatic N) is 2. The van der Waals surface area contributed by atoms with E-state index in [1.165, 1.54) is 0 Å². The van der Waals surface area contributed by atoms with Crippen LogP contribution in [0.15, 0.2) is 29.8 Å². The highest BCUT2D eigenvalue weighted by atomic mass is 32.1. The Bertz CT molecular complexity index is 667. The molecule has 0 aliphatic rings. The van der Waals surface area contributed by atoms with Crippen molar-refractivity contribution < 1.29 is 4.79 Å². The van der Waals surface area contributed by atoms with Gasteiger partial charge in [-0.1, -0.05) is 0 Å². The Morgan fingerprint density at radius 1 is 1.47 bits per heavy atom. The van der Waals surface area contributed by atoms with Gasteiger partial charge in [-0.3, -0.25) is 4.79 Å². The summed E-state index contributed by atoms with van der Waals surface area (Å²) in [5, 5.41) is 1.95. The quantitative estimate of drug-likeness (QED) is 0.673. The largest absolute Gasteiger partial charge is 0.364 e. The van der Waals surface area contributed by atoms with Crippen LogP contribution in [0, 0.1) is 0 Å². The molecule has 0 aliphatic carbocycles. The minimum absolute atomic E-state index is 0.325. The van der Waals surface area contributed by atoms with Crippen LogP contribution in [-0.4, -0.2) is 15.3 Å². The zero-order chi connectivity index (χ0) is 10.4. The Hall–Kier alpha value is -1.88. The van der Waals surface area contributed by atoms with Crippen LogP contribution in [0.3, 0.4) is 0 Å². The van der Waals surface area contributed by atoms with Crippen LogP contribution in [0.1, 0.15) is 10.5 Å². The van der Waals surface area contributed by atoms with E-state index < -0.39 is 5.91 Å². The van der Waals surface area contributed by atoms with Gasteiger partial charge in [-0.05, 0) is 23.6 Å². The number of nitrogens with two attached hydrogens (primary N) is 1. The summed E-state index contributed by atoms with van der Waals surface area (Å²) in [6.07, 6.45) is 1.91. The van der Waals surface area contributed by atoms with E-state index in [2.05, 4.69) is 4.98 Å². The summed E-state index contributed by atoms with van der Waals surface area (Å²) in [5.41, 5.74) is 7.18. The van der Waals surface area contributed by atoms with Crippen molar-refractivity contribution in [3.8, 4) is 0 Å². The van der Waals surface area contributed by atoms with Gasteiger partial charge in [-0.2, -0.15) is 0 Å². The fourth-order valence-corrected chi connectivity index (χ4v) is 2.50. The van der Waals surface area contributed by atoms with Gasteiger partial charge < -0.3 is 10.1 Å². The van der Waals surface area contributed by atoms with Crippen LogP contribution < -0.4 is 5.73 Å². The molecule has 5 heteroatoms. The molecule has 0 radical (unpaired) electrons. The fourth-order valence-electron chi connectivity index (χ4n) is 1.67. The molecule has 0 atom stereocenters. The molecule has 2 N–H and O–H groups in total. The van der Waals surface area contributed by atoms with Crippen LogP contribution in [0.25, 0.3) is 15.9 Å². The SMILES string of the molecule is NC(=O)c1nc2ccsc2n2cccc12. The number of fused-ring (bicyclic) bond motifs is 3. The van der Waals surface area contributed by atoms with Crippen LogP contribution in [-0.2, 0) is 0 Å². The molecule has 3 rings (SSSR count). The van der Waals surface area contributed by atoms with Gasteiger partial charge in [-0.15, -0.1) is 11.3 Å². The second-order valence-electron chi connectivity index (χ2n) is 3.20. The monoisotopic (exact) mass is 217 g/mol. The minimum Gasteiger partial charge on any atom is -0.364 e. The molecule has 15 heavy (non-hydrogen) atoms. The zero-order valence-corrected chi connectivity index (χ0v) is 8.49. The normalized spacial score (nSPS) is 11.2. The van der Waals surface area contributed by atoms with Gasteiger partial charge in [0, 0.05) is 6.20 Å². The molecule has 0 fully saturated rings. The summed E-state index contributed by atoms with van der Waals surface area (Å²) in [7, 11) is 0. The highest BCUT2D eigenvalue weighted by Crippen LogP contribution is 2.22. The van der Waals surface area contributed by atoms with Crippen molar-refractivity contribution in [1.82, 2.24) is 9.38 Å². The van der Waals surface area contributed by atoms with Crippen LogP contribution in [0.2, 0.25) is 0 Å². The van der Waals surface area contributed by atoms with E-state index in [-0.39, 0.29) is 0 Å². The molecule has 0 aromatic carbocycles.